The quantitative estimate of drug-likeness (QED) is 0.389. The van der Waals surface area contributed by atoms with Crippen LogP contribution in [0.4, 0.5) is 0 Å². The molecule has 0 N–H and O–H groups in total. The molecular weight excluding hydrogens is 446 g/mol. The van der Waals surface area contributed by atoms with Gasteiger partial charge in [-0.15, -0.1) is 0 Å². The molecule has 0 bridgehead atoms. The van der Waals surface area contributed by atoms with Crippen molar-refractivity contribution < 1.29 is 4.74 Å². The van der Waals surface area contributed by atoms with Gasteiger partial charge in [-0.3, -0.25) is 14.7 Å². The maximum atomic E-state index is 13.6. The van der Waals surface area contributed by atoms with Crippen LogP contribution in [0, 0.1) is 0 Å². The van der Waals surface area contributed by atoms with E-state index in [-0.39, 0.29) is 5.56 Å². The van der Waals surface area contributed by atoms with Gasteiger partial charge in [0.1, 0.15) is 5.75 Å². The molecule has 0 radical (unpaired) electrons. The number of aromatic nitrogens is 2. The summed E-state index contributed by atoms with van der Waals surface area (Å²) in [5.41, 5.74) is 7.84. The van der Waals surface area contributed by atoms with Gasteiger partial charge in [0.15, 0.2) is 0 Å². The second-order valence-electron chi connectivity index (χ2n) is 9.50. The fraction of sp³-hybridized carbons (Fsp3) is 0.226. The molecule has 0 saturated heterocycles. The van der Waals surface area contributed by atoms with E-state index < -0.39 is 0 Å². The lowest BCUT2D eigenvalue weighted by Gasteiger charge is -2.31. The Bertz CT molecular complexity index is 1460. The smallest absolute Gasteiger partial charge is 0.258 e. The molecule has 4 aromatic rings. The lowest BCUT2D eigenvalue weighted by atomic mass is 9.99. The fourth-order valence-electron chi connectivity index (χ4n) is 5.30. The maximum Gasteiger partial charge on any atom is 0.258 e. The predicted octanol–water partition coefficient (Wildman–Crippen LogP) is 5.12. The van der Waals surface area contributed by atoms with Crippen molar-refractivity contribution in [3.8, 4) is 16.9 Å². The van der Waals surface area contributed by atoms with E-state index in [9.17, 15) is 4.79 Å². The monoisotopic (exact) mass is 475 g/mol. The summed E-state index contributed by atoms with van der Waals surface area (Å²) in [4.78, 5) is 20.3. The normalized spacial score (nSPS) is 15.0. The van der Waals surface area contributed by atoms with Crippen LogP contribution in [0.15, 0.2) is 90.0 Å². The molecule has 0 spiro atoms. The third-order valence-electron chi connectivity index (χ3n) is 7.10. The lowest BCUT2D eigenvalue weighted by molar-refractivity contribution is 0.240. The molecule has 4 heterocycles. The van der Waals surface area contributed by atoms with Gasteiger partial charge in [0.05, 0.1) is 6.61 Å². The van der Waals surface area contributed by atoms with Crippen LogP contribution >= 0.6 is 0 Å². The van der Waals surface area contributed by atoms with Crippen molar-refractivity contribution in [1.29, 1.82) is 0 Å². The number of hydrogen-bond donors (Lipinski definition) is 0. The zero-order valence-corrected chi connectivity index (χ0v) is 20.3. The number of nitrogens with zero attached hydrogens (tertiary/aromatic N) is 3. The molecule has 6 rings (SSSR count). The molecule has 0 atom stereocenters. The molecule has 0 unspecified atom stereocenters. The summed E-state index contributed by atoms with van der Waals surface area (Å²) in [6.07, 6.45) is 9.52. The van der Waals surface area contributed by atoms with Crippen molar-refractivity contribution >= 4 is 6.08 Å². The third kappa shape index (κ3) is 4.62. The molecule has 5 nitrogen and oxygen atoms in total. The van der Waals surface area contributed by atoms with E-state index in [0.29, 0.717) is 6.54 Å². The third-order valence-corrected chi connectivity index (χ3v) is 7.10. The van der Waals surface area contributed by atoms with Gasteiger partial charge < -0.3 is 9.30 Å². The molecule has 0 fully saturated rings. The average Bonchev–Trinajstić information content (AvgIpc) is 3.39. The Kier molecular flexibility index (Phi) is 6.22. The van der Waals surface area contributed by atoms with Crippen LogP contribution in [0.5, 0.6) is 5.75 Å². The highest BCUT2D eigenvalue weighted by molar-refractivity contribution is 5.63. The van der Waals surface area contributed by atoms with Crippen LogP contribution in [0.25, 0.3) is 17.2 Å². The van der Waals surface area contributed by atoms with Crippen LogP contribution in [0.2, 0.25) is 0 Å². The zero-order valence-electron chi connectivity index (χ0n) is 20.3. The summed E-state index contributed by atoms with van der Waals surface area (Å²) in [7, 11) is 0. The Morgan fingerprint density at radius 1 is 0.944 bits per heavy atom. The van der Waals surface area contributed by atoms with Crippen molar-refractivity contribution in [3.63, 3.8) is 0 Å². The first-order chi connectivity index (χ1) is 17.7. The summed E-state index contributed by atoms with van der Waals surface area (Å²) in [6.45, 7) is 3.98. The van der Waals surface area contributed by atoms with Gasteiger partial charge in [-0.25, -0.2) is 0 Å². The first kappa shape index (κ1) is 22.5. The number of pyridine rings is 2. The SMILES string of the molecule is O=c1c(-c2ccncc2)cc2c(n1CC=Cc1ccccc1)CCN(Cc1ccc3c(c1)CCO3)C2. The van der Waals surface area contributed by atoms with E-state index in [2.05, 4.69) is 58.4 Å². The number of fused-ring (bicyclic) bond motifs is 2. The van der Waals surface area contributed by atoms with Gasteiger partial charge in [-0.2, -0.15) is 0 Å². The van der Waals surface area contributed by atoms with E-state index in [1.807, 2.05) is 34.9 Å². The molecule has 36 heavy (non-hydrogen) atoms. The van der Waals surface area contributed by atoms with Gasteiger partial charge in [0, 0.05) is 62.7 Å². The fourth-order valence-corrected chi connectivity index (χ4v) is 5.30. The Morgan fingerprint density at radius 2 is 1.81 bits per heavy atom. The number of rotatable bonds is 6. The van der Waals surface area contributed by atoms with Gasteiger partial charge in [0.2, 0.25) is 0 Å². The topological polar surface area (TPSA) is 47.4 Å². The molecular formula is C31H29N3O2. The Hall–Kier alpha value is -3.96. The van der Waals surface area contributed by atoms with E-state index in [4.69, 9.17) is 4.74 Å². The Balaban J connectivity index is 1.31. The Labute approximate surface area is 211 Å². The van der Waals surface area contributed by atoms with Crippen LogP contribution in [0.3, 0.4) is 0 Å². The maximum absolute atomic E-state index is 13.6. The highest BCUT2D eigenvalue weighted by Gasteiger charge is 2.23. The number of allylic oxidation sites excluding steroid dienone is 1. The second kappa shape index (κ2) is 9.96. The van der Waals surface area contributed by atoms with Crippen molar-refractivity contribution in [2.75, 3.05) is 13.2 Å². The zero-order chi connectivity index (χ0) is 24.3. The standard InChI is InChI=1S/C31H29N3O2/c35-31-28(25-10-14-32-15-11-25)20-27-22-33(21-24-8-9-30-26(19-24)13-18-36-30)17-12-29(27)34(31)16-4-7-23-5-2-1-3-6-23/h1-11,14-15,19-20H,12-13,16-18,21-22H2. The van der Waals surface area contributed by atoms with E-state index >= 15 is 0 Å². The van der Waals surface area contributed by atoms with Crippen LogP contribution in [-0.2, 0) is 32.5 Å². The minimum atomic E-state index is 0.0599. The number of benzene rings is 2. The molecule has 0 amide bonds. The van der Waals surface area contributed by atoms with Crippen molar-refractivity contribution in [3.05, 3.63) is 124 Å². The lowest BCUT2D eigenvalue weighted by Crippen LogP contribution is -2.36. The van der Waals surface area contributed by atoms with E-state index in [1.54, 1.807) is 12.4 Å². The number of ether oxygens (including phenoxy) is 1. The second-order valence-corrected chi connectivity index (χ2v) is 9.50. The number of hydrogen-bond acceptors (Lipinski definition) is 4. The van der Waals surface area contributed by atoms with E-state index in [1.165, 1.54) is 16.7 Å². The molecule has 5 heteroatoms. The summed E-state index contributed by atoms with van der Waals surface area (Å²) in [5, 5.41) is 0. The van der Waals surface area contributed by atoms with Gasteiger partial charge >= 0.3 is 0 Å². The van der Waals surface area contributed by atoms with Crippen LogP contribution in [-0.4, -0.2) is 27.6 Å². The molecule has 2 aromatic carbocycles. The molecule has 0 aliphatic carbocycles. The Morgan fingerprint density at radius 3 is 2.67 bits per heavy atom. The molecule has 180 valence electrons. The average molecular weight is 476 g/mol. The molecule has 2 aromatic heterocycles. The van der Waals surface area contributed by atoms with Crippen molar-refractivity contribution in [1.82, 2.24) is 14.5 Å². The molecule has 2 aliphatic rings. The summed E-state index contributed by atoms with van der Waals surface area (Å²) < 4.78 is 7.64. The van der Waals surface area contributed by atoms with Gasteiger partial charge in [-0.1, -0.05) is 54.6 Å². The van der Waals surface area contributed by atoms with E-state index in [0.717, 1.165) is 67.2 Å². The highest BCUT2D eigenvalue weighted by atomic mass is 16.5. The predicted molar refractivity (Wildman–Crippen MR) is 143 cm³/mol. The van der Waals surface area contributed by atoms with Gasteiger partial charge in [0.25, 0.3) is 5.56 Å². The van der Waals surface area contributed by atoms with Crippen LogP contribution in [0.1, 0.15) is 27.9 Å². The van der Waals surface area contributed by atoms with Crippen molar-refractivity contribution in [2.24, 2.45) is 0 Å². The summed E-state index contributed by atoms with van der Waals surface area (Å²) >= 11 is 0. The summed E-state index contributed by atoms with van der Waals surface area (Å²) in [5.74, 6) is 1.03. The minimum absolute atomic E-state index is 0.0599. The largest absolute Gasteiger partial charge is 0.493 e. The van der Waals surface area contributed by atoms with Crippen molar-refractivity contribution in [2.45, 2.75) is 32.5 Å². The van der Waals surface area contributed by atoms with Crippen LogP contribution < -0.4 is 10.3 Å². The summed E-state index contributed by atoms with van der Waals surface area (Å²) in [6, 6.07) is 22.7. The molecule has 2 aliphatic heterocycles. The highest BCUT2D eigenvalue weighted by Crippen LogP contribution is 2.28. The molecule has 0 saturated carbocycles. The first-order valence-electron chi connectivity index (χ1n) is 12.6. The van der Waals surface area contributed by atoms with Gasteiger partial charge in [-0.05, 0) is 52.1 Å². The minimum Gasteiger partial charge on any atom is -0.493 e. The first-order valence-corrected chi connectivity index (χ1v) is 12.6.